The highest BCUT2D eigenvalue weighted by Gasteiger charge is 2.37. The van der Waals surface area contributed by atoms with Gasteiger partial charge >= 0.3 is 0 Å². The molecule has 3 N–H and O–H groups in total. The summed E-state index contributed by atoms with van der Waals surface area (Å²) in [6.07, 6.45) is -2.29. The van der Waals surface area contributed by atoms with Crippen molar-refractivity contribution in [3.8, 4) is 28.4 Å². The number of aromatic nitrogens is 3. The Hall–Kier alpha value is -3.04. The number of ether oxygens (including phenoxy) is 2. The van der Waals surface area contributed by atoms with Crippen molar-refractivity contribution >= 4 is 22.8 Å². The fourth-order valence-electron chi connectivity index (χ4n) is 3.68. The third-order valence-corrected chi connectivity index (χ3v) is 5.71. The maximum absolute atomic E-state index is 13.2. The number of nitrogens with zero attached hydrogens (tertiary/aromatic N) is 2. The SMILES string of the molecule is OC[C@H]1OC[C@@H](Oc2nc3nc(-c4ccc(-c5ccc(F)cc5)cc4)c(Cl)cc3[nH]2)[C@@H]1O. The Bertz CT molecular complexity index is 1250. The number of hydrogen-bond acceptors (Lipinski definition) is 6. The number of pyridine rings is 1. The van der Waals surface area contributed by atoms with Crippen molar-refractivity contribution in [2.75, 3.05) is 13.2 Å². The summed E-state index contributed by atoms with van der Waals surface area (Å²) in [6.45, 7) is -0.148. The van der Waals surface area contributed by atoms with Gasteiger partial charge in [-0.05, 0) is 29.3 Å². The molecule has 2 aromatic carbocycles. The minimum atomic E-state index is -0.958. The van der Waals surface area contributed by atoms with Gasteiger partial charge in [0.2, 0.25) is 0 Å². The van der Waals surface area contributed by atoms with Crippen LogP contribution in [0.3, 0.4) is 0 Å². The Morgan fingerprint density at radius 2 is 1.72 bits per heavy atom. The van der Waals surface area contributed by atoms with Crippen LogP contribution in [0.1, 0.15) is 0 Å². The molecule has 1 aliphatic rings. The lowest BCUT2D eigenvalue weighted by molar-refractivity contribution is -0.00390. The molecular formula is C23H19ClFN3O4. The fourth-order valence-corrected chi connectivity index (χ4v) is 3.94. The fraction of sp³-hybridized carbons (Fsp3) is 0.217. The predicted molar refractivity (Wildman–Crippen MR) is 117 cm³/mol. The van der Waals surface area contributed by atoms with Crippen LogP contribution in [0, 0.1) is 5.82 Å². The lowest BCUT2D eigenvalue weighted by Crippen LogP contribution is -2.36. The highest BCUT2D eigenvalue weighted by Crippen LogP contribution is 2.31. The number of hydrogen-bond donors (Lipinski definition) is 3. The van der Waals surface area contributed by atoms with E-state index in [-0.39, 0.29) is 25.0 Å². The monoisotopic (exact) mass is 455 g/mol. The molecule has 0 amide bonds. The average Bonchev–Trinajstić information content (AvgIpc) is 3.36. The topological polar surface area (TPSA) is 100 Å². The second-order valence-electron chi connectivity index (χ2n) is 7.52. The van der Waals surface area contributed by atoms with Crippen molar-refractivity contribution < 1.29 is 24.1 Å². The van der Waals surface area contributed by atoms with Gasteiger partial charge in [-0.2, -0.15) is 4.98 Å². The Kier molecular flexibility index (Phi) is 5.52. The zero-order chi connectivity index (χ0) is 22.2. The molecule has 32 heavy (non-hydrogen) atoms. The molecule has 0 radical (unpaired) electrons. The zero-order valence-corrected chi connectivity index (χ0v) is 17.5. The lowest BCUT2D eigenvalue weighted by atomic mass is 10.0. The molecule has 2 aromatic heterocycles. The summed E-state index contributed by atoms with van der Waals surface area (Å²) in [5.41, 5.74) is 4.21. The maximum Gasteiger partial charge on any atom is 0.296 e. The van der Waals surface area contributed by atoms with Crippen LogP contribution < -0.4 is 4.74 Å². The Morgan fingerprint density at radius 1 is 1.06 bits per heavy atom. The van der Waals surface area contributed by atoms with E-state index in [1.54, 1.807) is 18.2 Å². The summed E-state index contributed by atoms with van der Waals surface area (Å²) in [4.78, 5) is 11.9. The van der Waals surface area contributed by atoms with Gasteiger partial charge in [0.15, 0.2) is 11.8 Å². The molecule has 0 aliphatic carbocycles. The molecule has 0 bridgehead atoms. The number of imidazole rings is 1. The molecule has 4 aromatic rings. The van der Waals surface area contributed by atoms with E-state index in [9.17, 15) is 14.6 Å². The number of aromatic amines is 1. The smallest absolute Gasteiger partial charge is 0.296 e. The van der Waals surface area contributed by atoms with Crippen LogP contribution >= 0.6 is 11.6 Å². The van der Waals surface area contributed by atoms with Gasteiger partial charge in [0, 0.05) is 5.56 Å². The molecule has 0 saturated carbocycles. The van der Waals surface area contributed by atoms with Crippen molar-refractivity contribution in [2.45, 2.75) is 18.3 Å². The van der Waals surface area contributed by atoms with Crippen LogP contribution in [-0.4, -0.2) is 56.7 Å². The first-order chi connectivity index (χ1) is 15.5. The molecule has 3 heterocycles. The van der Waals surface area contributed by atoms with Crippen LogP contribution in [0.15, 0.2) is 54.6 Å². The molecule has 164 valence electrons. The van der Waals surface area contributed by atoms with Crippen molar-refractivity contribution in [3.63, 3.8) is 0 Å². The van der Waals surface area contributed by atoms with E-state index in [1.165, 1.54) is 12.1 Å². The van der Waals surface area contributed by atoms with Gasteiger partial charge in [-0.15, -0.1) is 0 Å². The number of fused-ring (bicyclic) bond motifs is 1. The molecule has 1 aliphatic heterocycles. The normalized spacial score (nSPS) is 20.7. The molecule has 0 spiro atoms. The van der Waals surface area contributed by atoms with Gasteiger partial charge in [-0.3, -0.25) is 0 Å². The highest BCUT2D eigenvalue weighted by molar-refractivity contribution is 6.33. The minimum absolute atomic E-state index is 0.142. The summed E-state index contributed by atoms with van der Waals surface area (Å²) in [5, 5.41) is 19.8. The minimum Gasteiger partial charge on any atom is -0.456 e. The molecule has 5 rings (SSSR count). The third-order valence-electron chi connectivity index (χ3n) is 5.42. The van der Waals surface area contributed by atoms with E-state index in [1.807, 2.05) is 24.3 Å². The van der Waals surface area contributed by atoms with Gasteiger partial charge in [0.05, 0.1) is 29.4 Å². The molecular weight excluding hydrogens is 437 g/mol. The molecule has 9 heteroatoms. The van der Waals surface area contributed by atoms with E-state index in [4.69, 9.17) is 21.1 Å². The van der Waals surface area contributed by atoms with E-state index < -0.39 is 18.3 Å². The highest BCUT2D eigenvalue weighted by atomic mass is 35.5. The van der Waals surface area contributed by atoms with Crippen LogP contribution in [0.5, 0.6) is 6.01 Å². The zero-order valence-electron chi connectivity index (χ0n) is 16.7. The number of aliphatic hydroxyl groups is 2. The van der Waals surface area contributed by atoms with Gasteiger partial charge in [0.25, 0.3) is 6.01 Å². The van der Waals surface area contributed by atoms with Crippen LogP contribution in [0.2, 0.25) is 5.02 Å². The lowest BCUT2D eigenvalue weighted by Gasteiger charge is -2.15. The number of rotatable bonds is 5. The Morgan fingerprint density at radius 3 is 2.38 bits per heavy atom. The number of halogens is 2. The van der Waals surface area contributed by atoms with Gasteiger partial charge < -0.3 is 24.7 Å². The predicted octanol–water partition coefficient (Wildman–Crippen LogP) is 3.58. The third kappa shape index (κ3) is 3.93. The average molecular weight is 456 g/mol. The molecule has 1 saturated heterocycles. The maximum atomic E-state index is 13.2. The summed E-state index contributed by atoms with van der Waals surface area (Å²) >= 11 is 6.47. The molecule has 0 unspecified atom stereocenters. The number of benzene rings is 2. The van der Waals surface area contributed by atoms with Crippen molar-refractivity contribution in [2.24, 2.45) is 0 Å². The summed E-state index contributed by atoms with van der Waals surface area (Å²) in [6, 6.07) is 15.8. The number of nitrogens with one attached hydrogen (secondary N) is 1. The van der Waals surface area contributed by atoms with Crippen LogP contribution in [-0.2, 0) is 4.74 Å². The Balaban J connectivity index is 1.40. The van der Waals surface area contributed by atoms with E-state index in [0.29, 0.717) is 21.9 Å². The van der Waals surface area contributed by atoms with Gasteiger partial charge in [0.1, 0.15) is 18.0 Å². The van der Waals surface area contributed by atoms with Crippen molar-refractivity contribution in [1.29, 1.82) is 0 Å². The molecule has 1 fully saturated rings. The number of H-pyrrole nitrogens is 1. The summed E-state index contributed by atoms with van der Waals surface area (Å²) in [5.74, 6) is -0.278. The largest absolute Gasteiger partial charge is 0.456 e. The summed E-state index contributed by atoms with van der Waals surface area (Å²) in [7, 11) is 0. The van der Waals surface area contributed by atoms with E-state index in [0.717, 1.165) is 16.7 Å². The summed E-state index contributed by atoms with van der Waals surface area (Å²) < 4.78 is 24.2. The van der Waals surface area contributed by atoms with Crippen molar-refractivity contribution in [3.05, 3.63) is 65.4 Å². The molecule has 7 nitrogen and oxygen atoms in total. The van der Waals surface area contributed by atoms with E-state index in [2.05, 4.69) is 15.0 Å². The van der Waals surface area contributed by atoms with Crippen molar-refractivity contribution in [1.82, 2.24) is 15.0 Å². The number of aliphatic hydroxyl groups excluding tert-OH is 2. The second kappa shape index (κ2) is 8.48. The first-order valence-electron chi connectivity index (χ1n) is 10.0. The van der Waals surface area contributed by atoms with E-state index >= 15 is 0 Å². The van der Waals surface area contributed by atoms with Gasteiger partial charge in [-0.1, -0.05) is 48.0 Å². The van der Waals surface area contributed by atoms with Crippen LogP contribution in [0.4, 0.5) is 4.39 Å². The van der Waals surface area contributed by atoms with Crippen LogP contribution in [0.25, 0.3) is 33.5 Å². The molecule has 3 atom stereocenters. The first-order valence-corrected chi connectivity index (χ1v) is 10.4. The Labute approximate surface area is 187 Å². The second-order valence-corrected chi connectivity index (χ2v) is 7.92. The quantitative estimate of drug-likeness (QED) is 0.425. The first kappa shape index (κ1) is 20.8. The van der Waals surface area contributed by atoms with Gasteiger partial charge in [-0.25, -0.2) is 9.37 Å². The standard InChI is InChI=1S/C23H19ClFN3O4/c24-16-9-17-22(28-23(26-17)32-19-11-31-18(10-29)21(19)30)27-20(16)14-3-1-12(2-4-14)13-5-7-15(25)8-6-13/h1-9,18-19,21,29-30H,10-11H2,(H,26,27,28)/t18-,19-,21-/m1/s1.